The topological polar surface area (TPSA) is 38.7 Å². The molecule has 2 aromatic carbocycles. The smallest absolute Gasteiger partial charge is 0.164 e. The van der Waals surface area contributed by atoms with Crippen molar-refractivity contribution in [3.05, 3.63) is 53.6 Å². The Labute approximate surface area is 107 Å². The Bertz CT molecular complexity index is 521. The lowest BCUT2D eigenvalue weighted by atomic mass is 10.0. The predicted molar refractivity (Wildman–Crippen MR) is 70.5 cm³/mol. The van der Waals surface area contributed by atoms with Gasteiger partial charge in [0.1, 0.15) is 5.75 Å². The van der Waals surface area contributed by atoms with Crippen molar-refractivity contribution in [3.63, 3.8) is 0 Å². The van der Waals surface area contributed by atoms with Crippen molar-refractivity contribution in [2.45, 2.75) is 6.42 Å². The molecule has 0 spiro atoms. The summed E-state index contributed by atoms with van der Waals surface area (Å²) >= 11 is 0. The van der Waals surface area contributed by atoms with E-state index in [1.807, 2.05) is 36.4 Å². The third-order valence-electron chi connectivity index (χ3n) is 2.80. The van der Waals surface area contributed by atoms with Crippen LogP contribution in [0.15, 0.2) is 42.5 Å². The number of ether oxygens (including phenoxy) is 2. The van der Waals surface area contributed by atoms with Crippen LogP contribution in [-0.2, 0) is 6.42 Å². The summed E-state index contributed by atoms with van der Waals surface area (Å²) in [5, 5.41) is 9.88. The van der Waals surface area contributed by atoms with Gasteiger partial charge >= 0.3 is 0 Å². The van der Waals surface area contributed by atoms with Gasteiger partial charge in [0.25, 0.3) is 0 Å². The van der Waals surface area contributed by atoms with Gasteiger partial charge in [0.2, 0.25) is 0 Å². The summed E-state index contributed by atoms with van der Waals surface area (Å²) in [5.74, 6) is 1.22. The summed E-state index contributed by atoms with van der Waals surface area (Å²) in [6, 6.07) is 13.5. The monoisotopic (exact) mass is 244 g/mol. The number of phenolic OH excluding ortho intramolecular Hbond substituents is 1. The SMILES string of the molecule is COc1cc(O)c(OC)c(Cc2ccccc2)c1. The summed E-state index contributed by atoms with van der Waals surface area (Å²) in [7, 11) is 3.13. The molecule has 0 saturated carbocycles. The summed E-state index contributed by atoms with van der Waals surface area (Å²) in [4.78, 5) is 0. The van der Waals surface area contributed by atoms with Crippen LogP contribution in [0.1, 0.15) is 11.1 Å². The van der Waals surface area contributed by atoms with Crippen LogP contribution in [-0.4, -0.2) is 19.3 Å². The van der Waals surface area contributed by atoms with Crippen LogP contribution < -0.4 is 9.47 Å². The maximum absolute atomic E-state index is 9.88. The molecule has 0 aliphatic heterocycles. The standard InChI is InChI=1S/C15H16O3/c1-17-13-9-12(15(18-2)14(16)10-13)8-11-6-4-3-5-7-11/h3-7,9-10,16H,8H2,1-2H3. The maximum atomic E-state index is 9.88. The van der Waals surface area contributed by atoms with Crippen molar-refractivity contribution >= 4 is 0 Å². The van der Waals surface area contributed by atoms with Crippen LogP contribution >= 0.6 is 0 Å². The molecule has 0 aliphatic rings. The van der Waals surface area contributed by atoms with Crippen molar-refractivity contribution in [3.8, 4) is 17.2 Å². The highest BCUT2D eigenvalue weighted by atomic mass is 16.5. The van der Waals surface area contributed by atoms with Gasteiger partial charge in [0.15, 0.2) is 11.5 Å². The number of benzene rings is 2. The fourth-order valence-corrected chi connectivity index (χ4v) is 1.94. The molecular weight excluding hydrogens is 228 g/mol. The van der Waals surface area contributed by atoms with Crippen molar-refractivity contribution < 1.29 is 14.6 Å². The van der Waals surface area contributed by atoms with Gasteiger partial charge in [0.05, 0.1) is 14.2 Å². The van der Waals surface area contributed by atoms with Gasteiger partial charge in [-0.05, 0) is 11.6 Å². The minimum Gasteiger partial charge on any atom is -0.504 e. The second kappa shape index (κ2) is 5.45. The molecule has 0 aliphatic carbocycles. The molecule has 2 aromatic rings. The Hall–Kier alpha value is -2.16. The van der Waals surface area contributed by atoms with Crippen LogP contribution in [0.3, 0.4) is 0 Å². The Morgan fingerprint density at radius 3 is 2.33 bits per heavy atom. The van der Waals surface area contributed by atoms with Gasteiger partial charge < -0.3 is 14.6 Å². The highest BCUT2D eigenvalue weighted by Crippen LogP contribution is 2.35. The van der Waals surface area contributed by atoms with Gasteiger partial charge in [-0.3, -0.25) is 0 Å². The number of methoxy groups -OCH3 is 2. The molecule has 0 saturated heterocycles. The fraction of sp³-hybridized carbons (Fsp3) is 0.200. The first-order valence-electron chi connectivity index (χ1n) is 5.72. The third kappa shape index (κ3) is 2.56. The van der Waals surface area contributed by atoms with Gasteiger partial charge in [-0.25, -0.2) is 0 Å². The Morgan fingerprint density at radius 2 is 1.72 bits per heavy atom. The second-order valence-electron chi connectivity index (χ2n) is 4.00. The molecule has 2 rings (SSSR count). The normalized spacial score (nSPS) is 10.1. The van der Waals surface area contributed by atoms with Crippen LogP contribution in [0, 0.1) is 0 Å². The van der Waals surface area contributed by atoms with Crippen molar-refractivity contribution in [1.82, 2.24) is 0 Å². The molecule has 94 valence electrons. The van der Waals surface area contributed by atoms with E-state index in [9.17, 15) is 5.11 Å². The molecule has 18 heavy (non-hydrogen) atoms. The predicted octanol–water partition coefficient (Wildman–Crippen LogP) is 3.00. The first kappa shape index (κ1) is 12.3. The molecule has 3 heteroatoms. The molecular formula is C15H16O3. The third-order valence-corrected chi connectivity index (χ3v) is 2.80. The number of hydrogen-bond acceptors (Lipinski definition) is 3. The van der Waals surface area contributed by atoms with Gasteiger partial charge in [0, 0.05) is 18.1 Å². The number of aromatic hydroxyl groups is 1. The molecule has 3 nitrogen and oxygen atoms in total. The Morgan fingerprint density at radius 1 is 1.00 bits per heavy atom. The summed E-state index contributed by atoms with van der Waals surface area (Å²) in [6.45, 7) is 0. The Balaban J connectivity index is 2.39. The average molecular weight is 244 g/mol. The van der Waals surface area contributed by atoms with E-state index in [0.717, 1.165) is 11.1 Å². The highest BCUT2D eigenvalue weighted by molar-refractivity contribution is 5.52. The molecule has 1 N–H and O–H groups in total. The Kier molecular flexibility index (Phi) is 3.72. The molecule has 0 aromatic heterocycles. The fourth-order valence-electron chi connectivity index (χ4n) is 1.94. The molecule has 0 atom stereocenters. The lowest BCUT2D eigenvalue weighted by molar-refractivity contribution is 0.362. The molecule has 0 unspecified atom stereocenters. The van der Waals surface area contributed by atoms with E-state index in [2.05, 4.69) is 0 Å². The van der Waals surface area contributed by atoms with Gasteiger partial charge in [-0.1, -0.05) is 30.3 Å². The second-order valence-corrected chi connectivity index (χ2v) is 4.00. The van der Waals surface area contributed by atoms with Crippen LogP contribution in [0.5, 0.6) is 17.2 Å². The molecule has 0 heterocycles. The van der Waals surface area contributed by atoms with Gasteiger partial charge in [-0.15, -0.1) is 0 Å². The largest absolute Gasteiger partial charge is 0.504 e. The van der Waals surface area contributed by atoms with E-state index in [4.69, 9.17) is 9.47 Å². The lowest BCUT2D eigenvalue weighted by Gasteiger charge is -2.12. The highest BCUT2D eigenvalue weighted by Gasteiger charge is 2.11. The first-order valence-corrected chi connectivity index (χ1v) is 5.72. The van der Waals surface area contributed by atoms with Crippen molar-refractivity contribution in [2.24, 2.45) is 0 Å². The first-order chi connectivity index (χ1) is 8.74. The molecule has 0 bridgehead atoms. The van der Waals surface area contributed by atoms with Crippen LogP contribution in [0.2, 0.25) is 0 Å². The molecule has 0 amide bonds. The number of phenols is 1. The van der Waals surface area contributed by atoms with E-state index in [1.54, 1.807) is 20.3 Å². The van der Waals surface area contributed by atoms with E-state index in [0.29, 0.717) is 17.9 Å². The van der Waals surface area contributed by atoms with E-state index in [-0.39, 0.29) is 5.75 Å². The van der Waals surface area contributed by atoms with E-state index in [1.165, 1.54) is 0 Å². The zero-order chi connectivity index (χ0) is 13.0. The van der Waals surface area contributed by atoms with Crippen molar-refractivity contribution in [2.75, 3.05) is 14.2 Å². The summed E-state index contributed by atoms with van der Waals surface area (Å²) in [5.41, 5.74) is 2.06. The summed E-state index contributed by atoms with van der Waals surface area (Å²) in [6.07, 6.45) is 0.689. The van der Waals surface area contributed by atoms with Crippen LogP contribution in [0.25, 0.3) is 0 Å². The van der Waals surface area contributed by atoms with E-state index >= 15 is 0 Å². The maximum Gasteiger partial charge on any atom is 0.164 e. The lowest BCUT2D eigenvalue weighted by Crippen LogP contribution is -1.96. The minimum absolute atomic E-state index is 0.0998. The quantitative estimate of drug-likeness (QED) is 0.898. The zero-order valence-electron chi connectivity index (χ0n) is 10.5. The minimum atomic E-state index is 0.0998. The van der Waals surface area contributed by atoms with Gasteiger partial charge in [-0.2, -0.15) is 0 Å². The average Bonchev–Trinajstić information content (AvgIpc) is 2.39. The van der Waals surface area contributed by atoms with E-state index < -0.39 is 0 Å². The molecule has 0 fully saturated rings. The number of hydrogen-bond donors (Lipinski definition) is 1. The molecule has 0 radical (unpaired) electrons. The zero-order valence-corrected chi connectivity index (χ0v) is 10.5. The number of rotatable bonds is 4. The van der Waals surface area contributed by atoms with Crippen LogP contribution in [0.4, 0.5) is 0 Å². The van der Waals surface area contributed by atoms with Crippen molar-refractivity contribution in [1.29, 1.82) is 0 Å². The summed E-state index contributed by atoms with van der Waals surface area (Å²) < 4.78 is 10.4.